The van der Waals surface area contributed by atoms with Gasteiger partial charge in [0.25, 0.3) is 5.56 Å². The molecule has 12 heteroatoms. The van der Waals surface area contributed by atoms with E-state index in [0.29, 0.717) is 24.1 Å². The van der Waals surface area contributed by atoms with Crippen molar-refractivity contribution in [2.75, 3.05) is 42.7 Å². The number of carbonyl (C=O) groups excluding carboxylic acids is 1. The van der Waals surface area contributed by atoms with Crippen LogP contribution in [0, 0.1) is 5.92 Å². The Kier molecular flexibility index (Phi) is 6.52. The SMILES string of the molecule is CC(C)Cn1c(N)c(C(=O)CSc2nnc(N3CCOCC3)s2)c(=O)[nH]c1=O. The summed E-state index contributed by atoms with van der Waals surface area (Å²) in [6.07, 6.45) is 0. The number of aromatic nitrogens is 4. The van der Waals surface area contributed by atoms with Gasteiger partial charge in [-0.05, 0) is 5.92 Å². The van der Waals surface area contributed by atoms with Crippen LogP contribution in [-0.2, 0) is 11.3 Å². The van der Waals surface area contributed by atoms with E-state index in [9.17, 15) is 14.4 Å². The highest BCUT2D eigenvalue weighted by Crippen LogP contribution is 2.29. The minimum atomic E-state index is -0.764. The molecule has 1 aliphatic rings. The number of anilines is 2. The maximum Gasteiger partial charge on any atom is 0.329 e. The smallest absolute Gasteiger partial charge is 0.329 e. The molecule has 0 bridgehead atoms. The summed E-state index contributed by atoms with van der Waals surface area (Å²) in [5.41, 5.74) is 4.41. The average Bonchev–Trinajstić information content (AvgIpc) is 3.13. The van der Waals surface area contributed by atoms with Crippen molar-refractivity contribution in [1.82, 2.24) is 19.7 Å². The number of aromatic amines is 1. The Balaban J connectivity index is 1.72. The van der Waals surface area contributed by atoms with Crippen LogP contribution in [0.1, 0.15) is 24.2 Å². The summed E-state index contributed by atoms with van der Waals surface area (Å²) >= 11 is 2.58. The lowest BCUT2D eigenvalue weighted by atomic mass is 10.2. The molecule has 28 heavy (non-hydrogen) atoms. The molecule has 0 unspecified atom stereocenters. The van der Waals surface area contributed by atoms with Crippen molar-refractivity contribution in [3.05, 3.63) is 26.4 Å². The summed E-state index contributed by atoms with van der Waals surface area (Å²) in [6.45, 7) is 6.94. The normalized spacial score (nSPS) is 14.6. The average molecular weight is 427 g/mol. The number of nitrogens with two attached hydrogens (primary N) is 1. The van der Waals surface area contributed by atoms with E-state index in [2.05, 4.69) is 20.1 Å². The highest BCUT2D eigenvalue weighted by atomic mass is 32.2. The first-order valence-electron chi connectivity index (χ1n) is 8.81. The third-order valence-corrected chi connectivity index (χ3v) is 6.19. The zero-order valence-corrected chi connectivity index (χ0v) is 17.3. The van der Waals surface area contributed by atoms with E-state index in [1.807, 2.05) is 13.8 Å². The van der Waals surface area contributed by atoms with Crippen LogP contribution in [-0.4, -0.2) is 57.6 Å². The van der Waals surface area contributed by atoms with Gasteiger partial charge in [0.1, 0.15) is 11.4 Å². The lowest BCUT2D eigenvalue weighted by Gasteiger charge is -2.25. The van der Waals surface area contributed by atoms with Crippen LogP contribution in [0.5, 0.6) is 0 Å². The third-order valence-electron chi connectivity index (χ3n) is 4.07. The maximum absolute atomic E-state index is 12.6. The van der Waals surface area contributed by atoms with E-state index >= 15 is 0 Å². The summed E-state index contributed by atoms with van der Waals surface area (Å²) < 4.78 is 7.17. The summed E-state index contributed by atoms with van der Waals surface area (Å²) in [5.74, 6) is -0.447. The van der Waals surface area contributed by atoms with Crippen LogP contribution < -0.4 is 21.9 Å². The van der Waals surface area contributed by atoms with Crippen LogP contribution >= 0.6 is 23.1 Å². The second kappa shape index (κ2) is 8.88. The van der Waals surface area contributed by atoms with Crippen molar-refractivity contribution in [3.8, 4) is 0 Å². The van der Waals surface area contributed by atoms with E-state index < -0.39 is 17.0 Å². The predicted octanol–water partition coefficient (Wildman–Crippen LogP) is 0.438. The standard InChI is InChI=1S/C16H22N6O4S2/c1-9(2)7-22-12(17)11(13(24)18-14(22)25)10(23)8-27-16-20-19-15(28-16)21-3-5-26-6-4-21/h9H,3-8,17H2,1-2H3,(H,18,24,25). The van der Waals surface area contributed by atoms with Crippen molar-refractivity contribution < 1.29 is 9.53 Å². The van der Waals surface area contributed by atoms with E-state index in [4.69, 9.17) is 10.5 Å². The quantitative estimate of drug-likeness (QED) is 0.477. The van der Waals surface area contributed by atoms with Crippen LogP contribution in [0.15, 0.2) is 13.9 Å². The van der Waals surface area contributed by atoms with Gasteiger partial charge in [-0.2, -0.15) is 0 Å². The summed E-state index contributed by atoms with van der Waals surface area (Å²) in [6, 6.07) is 0. The fraction of sp³-hybridized carbons (Fsp3) is 0.562. The number of Topliss-reactive ketones (excluding diaryl/α,β-unsaturated/α-hetero) is 1. The molecule has 0 saturated carbocycles. The number of ether oxygens (including phenoxy) is 1. The van der Waals surface area contributed by atoms with Gasteiger partial charge in [0.15, 0.2) is 10.1 Å². The molecule has 3 heterocycles. The van der Waals surface area contributed by atoms with Crippen molar-refractivity contribution in [2.24, 2.45) is 5.92 Å². The first-order valence-corrected chi connectivity index (χ1v) is 10.6. The molecule has 0 spiro atoms. The minimum absolute atomic E-state index is 0.0229. The van der Waals surface area contributed by atoms with Crippen molar-refractivity contribution in [1.29, 1.82) is 0 Å². The molecular weight excluding hydrogens is 404 g/mol. The molecule has 1 aliphatic heterocycles. The molecule has 1 saturated heterocycles. The molecule has 0 amide bonds. The highest BCUT2D eigenvalue weighted by Gasteiger charge is 2.21. The van der Waals surface area contributed by atoms with Crippen LogP contribution in [0.3, 0.4) is 0 Å². The summed E-state index contributed by atoms with van der Waals surface area (Å²) in [7, 11) is 0. The zero-order chi connectivity index (χ0) is 20.3. The Morgan fingerprint density at radius 2 is 2.04 bits per heavy atom. The minimum Gasteiger partial charge on any atom is -0.384 e. The Morgan fingerprint density at radius 1 is 1.32 bits per heavy atom. The Labute approximate surface area is 169 Å². The number of thioether (sulfide) groups is 1. The van der Waals surface area contributed by atoms with Crippen LogP contribution in [0.2, 0.25) is 0 Å². The molecule has 0 aliphatic carbocycles. The lowest BCUT2D eigenvalue weighted by Crippen LogP contribution is -2.37. The van der Waals surface area contributed by atoms with E-state index in [1.54, 1.807) is 0 Å². The molecule has 2 aromatic heterocycles. The lowest BCUT2D eigenvalue weighted by molar-refractivity contribution is 0.102. The molecule has 152 valence electrons. The Morgan fingerprint density at radius 3 is 2.71 bits per heavy atom. The molecule has 1 fully saturated rings. The molecule has 3 N–H and O–H groups in total. The van der Waals surface area contributed by atoms with Crippen LogP contribution in [0.4, 0.5) is 10.9 Å². The van der Waals surface area contributed by atoms with E-state index in [1.165, 1.54) is 27.7 Å². The number of ketones is 1. The number of morpholine rings is 1. The van der Waals surface area contributed by atoms with Crippen LogP contribution in [0.25, 0.3) is 0 Å². The number of nitrogens with zero attached hydrogens (tertiary/aromatic N) is 4. The van der Waals surface area contributed by atoms with Gasteiger partial charge in [-0.1, -0.05) is 36.9 Å². The maximum atomic E-state index is 12.6. The van der Waals surface area contributed by atoms with E-state index in [0.717, 1.165) is 18.2 Å². The highest BCUT2D eigenvalue weighted by molar-refractivity contribution is 8.01. The fourth-order valence-corrected chi connectivity index (χ4v) is 4.51. The number of nitrogen functional groups attached to an aromatic ring is 1. The first-order chi connectivity index (χ1) is 13.4. The van der Waals surface area contributed by atoms with Crippen molar-refractivity contribution in [3.63, 3.8) is 0 Å². The fourth-order valence-electron chi connectivity index (χ4n) is 2.75. The molecular formula is C16H22N6O4S2. The van der Waals surface area contributed by atoms with Gasteiger partial charge in [0, 0.05) is 19.6 Å². The van der Waals surface area contributed by atoms with Gasteiger partial charge in [-0.15, -0.1) is 10.2 Å². The largest absolute Gasteiger partial charge is 0.384 e. The first kappa shape index (κ1) is 20.6. The second-order valence-electron chi connectivity index (χ2n) is 6.69. The molecule has 2 aromatic rings. The monoisotopic (exact) mass is 426 g/mol. The van der Waals surface area contributed by atoms with Gasteiger partial charge in [-0.3, -0.25) is 19.1 Å². The molecule has 0 radical (unpaired) electrons. The van der Waals surface area contributed by atoms with Gasteiger partial charge in [-0.25, -0.2) is 4.79 Å². The summed E-state index contributed by atoms with van der Waals surface area (Å²) in [4.78, 5) is 41.0. The Bertz CT molecular complexity index is 961. The Hall–Kier alpha value is -2.18. The van der Waals surface area contributed by atoms with Gasteiger partial charge in [0.2, 0.25) is 5.13 Å². The molecule has 0 aromatic carbocycles. The molecule has 10 nitrogen and oxygen atoms in total. The van der Waals surface area contributed by atoms with Crippen molar-refractivity contribution in [2.45, 2.75) is 24.7 Å². The second-order valence-corrected chi connectivity index (χ2v) is 8.86. The van der Waals surface area contributed by atoms with Crippen molar-refractivity contribution >= 4 is 39.8 Å². The zero-order valence-electron chi connectivity index (χ0n) is 15.6. The van der Waals surface area contributed by atoms with Gasteiger partial charge in [0.05, 0.1) is 19.0 Å². The predicted molar refractivity (Wildman–Crippen MR) is 109 cm³/mol. The number of hydrogen-bond acceptors (Lipinski definition) is 10. The molecule has 3 rings (SSSR count). The number of nitrogens with one attached hydrogen (secondary N) is 1. The summed E-state index contributed by atoms with van der Waals surface area (Å²) in [5, 5.41) is 9.03. The molecule has 0 atom stereocenters. The number of hydrogen-bond donors (Lipinski definition) is 2. The number of H-pyrrole nitrogens is 1. The third kappa shape index (κ3) is 4.62. The topological polar surface area (TPSA) is 136 Å². The van der Waals surface area contributed by atoms with Gasteiger partial charge < -0.3 is 15.4 Å². The number of rotatable bonds is 7. The van der Waals surface area contributed by atoms with Gasteiger partial charge >= 0.3 is 5.69 Å². The number of carbonyl (C=O) groups is 1. The van der Waals surface area contributed by atoms with E-state index in [-0.39, 0.29) is 23.1 Å².